The van der Waals surface area contributed by atoms with Crippen molar-refractivity contribution in [2.75, 3.05) is 5.01 Å². The molecule has 9 heteroatoms. The maximum Gasteiger partial charge on any atom is 0.288 e. The third kappa shape index (κ3) is 3.56. The molecule has 0 unspecified atom stereocenters. The van der Waals surface area contributed by atoms with Crippen LogP contribution >= 0.6 is 11.6 Å². The van der Waals surface area contributed by atoms with Crippen LogP contribution in [0.1, 0.15) is 11.3 Å². The van der Waals surface area contributed by atoms with Crippen LogP contribution in [0.3, 0.4) is 0 Å². The van der Waals surface area contributed by atoms with E-state index in [2.05, 4.69) is 5.43 Å². The standard InChI is InChI=1S/C21H14ClN3O5/c1-12-3-2-4-14(9-12)24-21(27)16(20(26)23-24)11-15-6-8-19(30-15)13-5-7-17(22)18(10-13)25(28)29/h2-11H,1H3,(H,23,26)/b16-11+. The number of nitro benzene ring substituents is 1. The van der Waals surface area contributed by atoms with E-state index in [0.717, 1.165) is 5.56 Å². The van der Waals surface area contributed by atoms with Crippen molar-refractivity contribution < 1.29 is 18.9 Å². The fraction of sp³-hybridized carbons (Fsp3) is 0.0476. The lowest BCUT2D eigenvalue weighted by atomic mass is 10.1. The molecule has 0 spiro atoms. The molecule has 0 saturated carbocycles. The summed E-state index contributed by atoms with van der Waals surface area (Å²) < 4.78 is 5.67. The van der Waals surface area contributed by atoms with Gasteiger partial charge in [-0.05, 0) is 55.0 Å². The monoisotopic (exact) mass is 423 g/mol. The van der Waals surface area contributed by atoms with Crippen molar-refractivity contribution >= 4 is 40.9 Å². The van der Waals surface area contributed by atoms with Crippen LogP contribution in [-0.2, 0) is 9.59 Å². The lowest BCUT2D eigenvalue weighted by Crippen LogP contribution is -2.35. The van der Waals surface area contributed by atoms with Gasteiger partial charge in [-0.25, -0.2) is 5.01 Å². The number of carbonyl (C=O) groups is 2. The summed E-state index contributed by atoms with van der Waals surface area (Å²) in [6.45, 7) is 1.88. The summed E-state index contributed by atoms with van der Waals surface area (Å²) in [5.74, 6) is -0.470. The molecule has 0 aliphatic carbocycles. The van der Waals surface area contributed by atoms with Crippen LogP contribution in [0.2, 0.25) is 5.02 Å². The van der Waals surface area contributed by atoms with Gasteiger partial charge in [0.1, 0.15) is 22.1 Å². The van der Waals surface area contributed by atoms with E-state index in [1.165, 1.54) is 23.2 Å². The molecule has 2 amide bonds. The van der Waals surface area contributed by atoms with Crippen LogP contribution in [0.4, 0.5) is 11.4 Å². The first-order chi connectivity index (χ1) is 14.3. The van der Waals surface area contributed by atoms with E-state index < -0.39 is 16.7 Å². The Balaban J connectivity index is 1.63. The molecule has 1 saturated heterocycles. The third-order valence-electron chi connectivity index (χ3n) is 4.49. The number of hydrogen-bond acceptors (Lipinski definition) is 5. The molecule has 1 aromatic heterocycles. The summed E-state index contributed by atoms with van der Waals surface area (Å²) in [5, 5.41) is 12.3. The maximum absolute atomic E-state index is 12.7. The molecule has 3 aromatic rings. The van der Waals surface area contributed by atoms with Gasteiger partial charge in [0.05, 0.1) is 10.6 Å². The number of aryl methyl sites for hydroxylation is 1. The Bertz CT molecular complexity index is 1230. The Morgan fingerprint density at radius 1 is 1.13 bits per heavy atom. The number of hydrazine groups is 1. The number of nitrogens with one attached hydrogen (secondary N) is 1. The zero-order chi connectivity index (χ0) is 21.4. The maximum atomic E-state index is 12.7. The summed E-state index contributed by atoms with van der Waals surface area (Å²) in [6.07, 6.45) is 1.33. The highest BCUT2D eigenvalue weighted by Gasteiger charge is 2.34. The summed E-state index contributed by atoms with van der Waals surface area (Å²) in [4.78, 5) is 35.5. The minimum Gasteiger partial charge on any atom is -0.457 e. The number of nitro groups is 1. The van der Waals surface area contributed by atoms with Crippen LogP contribution in [-0.4, -0.2) is 16.7 Å². The zero-order valence-corrected chi connectivity index (χ0v) is 16.3. The SMILES string of the molecule is Cc1cccc(N2NC(=O)/C(=C\c3ccc(-c4ccc(Cl)c([N+](=O)[O-])c4)o3)C2=O)c1. The predicted octanol–water partition coefficient (Wildman–Crippen LogP) is 4.28. The van der Waals surface area contributed by atoms with E-state index in [1.807, 2.05) is 13.0 Å². The number of furan rings is 1. The van der Waals surface area contributed by atoms with Gasteiger partial charge in [0.25, 0.3) is 17.5 Å². The van der Waals surface area contributed by atoms with E-state index in [0.29, 0.717) is 17.0 Å². The van der Waals surface area contributed by atoms with E-state index in [9.17, 15) is 19.7 Å². The molecular formula is C21H14ClN3O5. The van der Waals surface area contributed by atoms with Gasteiger partial charge in [0.15, 0.2) is 0 Å². The first-order valence-corrected chi connectivity index (χ1v) is 9.19. The van der Waals surface area contributed by atoms with Gasteiger partial charge in [-0.1, -0.05) is 23.7 Å². The van der Waals surface area contributed by atoms with Crippen LogP contribution in [0.5, 0.6) is 0 Å². The van der Waals surface area contributed by atoms with E-state index in [4.69, 9.17) is 16.0 Å². The Labute approximate surface area is 175 Å². The topological polar surface area (TPSA) is 106 Å². The number of benzene rings is 2. The highest BCUT2D eigenvalue weighted by molar-refractivity contribution is 6.33. The van der Waals surface area contributed by atoms with Gasteiger partial charge in [-0.15, -0.1) is 0 Å². The van der Waals surface area contributed by atoms with Crippen molar-refractivity contribution in [1.82, 2.24) is 5.43 Å². The quantitative estimate of drug-likeness (QED) is 0.292. The summed E-state index contributed by atoms with van der Waals surface area (Å²) in [7, 11) is 0. The second-order valence-corrected chi connectivity index (χ2v) is 7.01. The number of halogens is 1. The van der Waals surface area contributed by atoms with Crippen molar-refractivity contribution in [2.45, 2.75) is 6.92 Å². The van der Waals surface area contributed by atoms with E-state index >= 15 is 0 Å². The number of anilines is 1. The van der Waals surface area contributed by atoms with Crippen LogP contribution in [0, 0.1) is 17.0 Å². The van der Waals surface area contributed by atoms with Crippen molar-refractivity contribution in [3.8, 4) is 11.3 Å². The molecule has 30 heavy (non-hydrogen) atoms. The fourth-order valence-electron chi connectivity index (χ4n) is 3.04. The fourth-order valence-corrected chi connectivity index (χ4v) is 3.23. The second kappa shape index (κ2) is 7.49. The van der Waals surface area contributed by atoms with E-state index in [-0.39, 0.29) is 22.0 Å². The normalized spacial score (nSPS) is 15.0. The first kappa shape index (κ1) is 19.4. The van der Waals surface area contributed by atoms with Crippen molar-refractivity contribution in [3.05, 3.63) is 86.6 Å². The lowest BCUT2D eigenvalue weighted by molar-refractivity contribution is -0.384. The Kier molecular flexibility index (Phi) is 4.85. The molecular weight excluding hydrogens is 410 g/mol. The number of nitrogens with zero attached hydrogens (tertiary/aromatic N) is 2. The van der Waals surface area contributed by atoms with Gasteiger partial charge >= 0.3 is 0 Å². The average Bonchev–Trinajstić information content (AvgIpc) is 3.28. The van der Waals surface area contributed by atoms with E-state index in [1.54, 1.807) is 36.4 Å². The van der Waals surface area contributed by atoms with Gasteiger partial charge in [0.2, 0.25) is 0 Å². The highest BCUT2D eigenvalue weighted by Crippen LogP contribution is 2.32. The Hall–Kier alpha value is -3.91. The van der Waals surface area contributed by atoms with Crippen LogP contribution in [0.15, 0.2) is 64.6 Å². The minimum atomic E-state index is -0.584. The summed E-state index contributed by atoms with van der Waals surface area (Å²) in [6, 6.07) is 14.6. The third-order valence-corrected chi connectivity index (χ3v) is 4.81. The molecule has 0 bridgehead atoms. The predicted molar refractivity (Wildman–Crippen MR) is 111 cm³/mol. The van der Waals surface area contributed by atoms with Gasteiger partial charge < -0.3 is 4.42 Å². The van der Waals surface area contributed by atoms with Crippen molar-refractivity contribution in [3.63, 3.8) is 0 Å². The second-order valence-electron chi connectivity index (χ2n) is 6.60. The Morgan fingerprint density at radius 3 is 2.67 bits per heavy atom. The molecule has 0 radical (unpaired) electrons. The largest absolute Gasteiger partial charge is 0.457 e. The van der Waals surface area contributed by atoms with Gasteiger partial charge in [-0.3, -0.25) is 25.1 Å². The molecule has 2 heterocycles. The minimum absolute atomic E-state index is 0.0158. The summed E-state index contributed by atoms with van der Waals surface area (Å²) in [5.41, 5.74) is 4.13. The van der Waals surface area contributed by atoms with Crippen molar-refractivity contribution in [1.29, 1.82) is 0 Å². The highest BCUT2D eigenvalue weighted by atomic mass is 35.5. The molecule has 2 aromatic carbocycles. The van der Waals surface area contributed by atoms with Crippen LogP contribution < -0.4 is 10.4 Å². The number of carbonyl (C=O) groups excluding carboxylic acids is 2. The molecule has 1 aliphatic heterocycles. The van der Waals surface area contributed by atoms with Crippen molar-refractivity contribution in [2.24, 2.45) is 0 Å². The molecule has 1 N–H and O–H groups in total. The molecule has 150 valence electrons. The molecule has 4 rings (SSSR count). The molecule has 8 nitrogen and oxygen atoms in total. The smallest absolute Gasteiger partial charge is 0.288 e. The summed E-state index contributed by atoms with van der Waals surface area (Å²) >= 11 is 5.83. The van der Waals surface area contributed by atoms with Gasteiger partial charge in [-0.2, -0.15) is 0 Å². The average molecular weight is 424 g/mol. The Morgan fingerprint density at radius 2 is 1.93 bits per heavy atom. The number of rotatable bonds is 4. The van der Waals surface area contributed by atoms with Crippen LogP contribution in [0.25, 0.3) is 17.4 Å². The molecule has 1 aliphatic rings. The lowest BCUT2D eigenvalue weighted by Gasteiger charge is -2.14. The molecule has 0 atom stereocenters. The number of amides is 2. The number of hydrogen-bond donors (Lipinski definition) is 1. The first-order valence-electron chi connectivity index (χ1n) is 8.81. The molecule has 1 fully saturated rings. The van der Waals surface area contributed by atoms with Gasteiger partial charge in [0, 0.05) is 11.6 Å². The zero-order valence-electron chi connectivity index (χ0n) is 15.6.